The first-order valence-electron chi connectivity index (χ1n) is 4.59. The number of aliphatic hydroxyl groups is 1. The lowest BCUT2D eigenvalue weighted by molar-refractivity contribution is -0.386. The number of carbonyl (C=O) groups is 1. The van der Waals surface area contributed by atoms with E-state index in [2.05, 4.69) is 0 Å². The molecule has 0 amide bonds. The van der Waals surface area contributed by atoms with Crippen LogP contribution in [0.3, 0.4) is 0 Å². The van der Waals surface area contributed by atoms with Crippen LogP contribution in [0.5, 0.6) is 5.75 Å². The van der Waals surface area contributed by atoms with Crippen LogP contribution in [0.2, 0.25) is 0 Å². The van der Waals surface area contributed by atoms with Crippen LogP contribution in [-0.2, 0) is 4.79 Å². The summed E-state index contributed by atoms with van der Waals surface area (Å²) in [5, 5.41) is 37.7. The van der Waals surface area contributed by atoms with E-state index in [4.69, 9.17) is 15.1 Å². The number of nitro groups is 1. The van der Waals surface area contributed by atoms with Gasteiger partial charge in [-0.05, 0) is 6.07 Å². The maximum atomic E-state index is 10.8. The number of carboxylic acid groups (broad SMARTS) is 1. The summed E-state index contributed by atoms with van der Waals surface area (Å²) >= 11 is 0. The van der Waals surface area contributed by atoms with E-state index in [0.717, 1.165) is 12.1 Å². The molecule has 0 aliphatic heterocycles. The van der Waals surface area contributed by atoms with Gasteiger partial charge in [-0.1, -0.05) is 0 Å². The minimum Gasteiger partial charge on any atom is -0.496 e. The molecule has 0 spiro atoms. The number of aliphatic carboxylic acids is 1. The highest BCUT2D eigenvalue weighted by Gasteiger charge is 2.30. The third kappa shape index (κ3) is 2.36. The van der Waals surface area contributed by atoms with Crippen LogP contribution in [0, 0.1) is 21.4 Å². The number of nitrogens with zero attached hydrogens (tertiary/aromatic N) is 2. The summed E-state index contributed by atoms with van der Waals surface area (Å²) < 4.78 is 4.76. The Labute approximate surface area is 101 Å². The van der Waals surface area contributed by atoms with Crippen molar-refractivity contribution in [1.29, 1.82) is 5.26 Å². The molecule has 0 aliphatic carbocycles. The van der Waals surface area contributed by atoms with Crippen molar-refractivity contribution in [2.45, 2.75) is 6.10 Å². The summed E-state index contributed by atoms with van der Waals surface area (Å²) in [5.74, 6) is -1.65. The molecule has 2 N–H and O–H groups in total. The van der Waals surface area contributed by atoms with Crippen molar-refractivity contribution in [3.05, 3.63) is 33.4 Å². The monoisotopic (exact) mass is 252 g/mol. The Morgan fingerprint density at radius 2 is 2.22 bits per heavy atom. The number of benzene rings is 1. The Morgan fingerprint density at radius 3 is 2.61 bits per heavy atom. The molecule has 0 saturated heterocycles. The SMILES string of the molecule is COc1cc(C#N)c(C(O)C(=O)O)c([N+](=O)[O-])c1. The van der Waals surface area contributed by atoms with Crippen molar-refractivity contribution in [3.8, 4) is 11.8 Å². The molecule has 0 fully saturated rings. The van der Waals surface area contributed by atoms with Crippen LogP contribution in [0.1, 0.15) is 17.2 Å². The van der Waals surface area contributed by atoms with E-state index in [9.17, 15) is 20.0 Å². The molecule has 0 radical (unpaired) electrons. The van der Waals surface area contributed by atoms with E-state index in [1.807, 2.05) is 0 Å². The highest BCUT2D eigenvalue weighted by atomic mass is 16.6. The quantitative estimate of drug-likeness (QED) is 0.591. The standard InChI is InChI=1S/C10H8N2O6/c1-18-6-2-5(4-11)8(9(13)10(14)15)7(3-6)12(16)17/h2-3,9,13H,1H3,(H,14,15). The van der Waals surface area contributed by atoms with Gasteiger partial charge in [0.05, 0.1) is 35.3 Å². The highest BCUT2D eigenvalue weighted by Crippen LogP contribution is 2.33. The van der Waals surface area contributed by atoms with Crippen LogP contribution in [0.25, 0.3) is 0 Å². The number of hydrogen-bond donors (Lipinski definition) is 2. The first kappa shape index (κ1) is 13.4. The normalized spacial score (nSPS) is 11.4. The summed E-state index contributed by atoms with van der Waals surface area (Å²) in [5.41, 5.74) is -1.56. The topological polar surface area (TPSA) is 134 Å². The lowest BCUT2D eigenvalue weighted by Crippen LogP contribution is -2.14. The van der Waals surface area contributed by atoms with Crippen molar-refractivity contribution in [3.63, 3.8) is 0 Å². The molecule has 0 bridgehead atoms. The van der Waals surface area contributed by atoms with E-state index in [1.54, 1.807) is 6.07 Å². The second-order valence-corrected chi connectivity index (χ2v) is 3.22. The van der Waals surface area contributed by atoms with Crippen LogP contribution >= 0.6 is 0 Å². The molecule has 1 aromatic rings. The van der Waals surface area contributed by atoms with E-state index in [-0.39, 0.29) is 11.3 Å². The van der Waals surface area contributed by atoms with Crippen LogP contribution in [0.15, 0.2) is 12.1 Å². The van der Waals surface area contributed by atoms with Gasteiger partial charge in [0.1, 0.15) is 5.75 Å². The van der Waals surface area contributed by atoms with Gasteiger partial charge in [0.2, 0.25) is 0 Å². The fourth-order valence-corrected chi connectivity index (χ4v) is 1.38. The summed E-state index contributed by atoms with van der Waals surface area (Å²) in [7, 11) is 1.24. The fraction of sp³-hybridized carbons (Fsp3) is 0.200. The van der Waals surface area contributed by atoms with Gasteiger partial charge in [0, 0.05) is 0 Å². The van der Waals surface area contributed by atoms with Crippen LogP contribution in [0.4, 0.5) is 5.69 Å². The Kier molecular flexibility index (Phi) is 3.81. The second kappa shape index (κ2) is 5.11. The average molecular weight is 252 g/mol. The largest absolute Gasteiger partial charge is 0.496 e. The molecule has 0 aliphatic rings. The van der Waals surface area contributed by atoms with Gasteiger partial charge < -0.3 is 14.9 Å². The van der Waals surface area contributed by atoms with Crippen molar-refractivity contribution in [1.82, 2.24) is 0 Å². The summed E-state index contributed by atoms with van der Waals surface area (Å²) in [6.45, 7) is 0. The van der Waals surface area contributed by atoms with Crippen molar-refractivity contribution >= 4 is 11.7 Å². The highest BCUT2D eigenvalue weighted by molar-refractivity contribution is 5.78. The Morgan fingerprint density at radius 1 is 1.61 bits per heavy atom. The summed E-state index contributed by atoms with van der Waals surface area (Å²) in [6.07, 6.45) is -2.15. The number of aliphatic hydroxyl groups excluding tert-OH is 1. The first-order chi connectivity index (χ1) is 8.42. The molecular weight excluding hydrogens is 244 g/mol. The molecule has 0 heterocycles. The zero-order chi connectivity index (χ0) is 13.9. The molecule has 18 heavy (non-hydrogen) atoms. The number of nitriles is 1. The molecule has 94 valence electrons. The molecule has 1 aromatic carbocycles. The Bertz CT molecular complexity index is 548. The van der Waals surface area contributed by atoms with E-state index in [0.29, 0.717) is 0 Å². The average Bonchev–Trinajstić information content (AvgIpc) is 2.35. The molecule has 8 heteroatoms. The molecular formula is C10H8N2O6. The Hall–Kier alpha value is -2.66. The number of hydrogen-bond acceptors (Lipinski definition) is 6. The minimum atomic E-state index is -2.15. The minimum absolute atomic E-state index is 0.0274. The van der Waals surface area contributed by atoms with Gasteiger partial charge in [0.25, 0.3) is 5.69 Å². The van der Waals surface area contributed by atoms with E-state index < -0.39 is 28.2 Å². The first-order valence-corrected chi connectivity index (χ1v) is 4.59. The molecule has 0 aromatic heterocycles. The zero-order valence-corrected chi connectivity index (χ0v) is 9.15. The third-order valence-electron chi connectivity index (χ3n) is 2.19. The number of nitro benzene ring substituents is 1. The van der Waals surface area contributed by atoms with Crippen LogP contribution in [-0.4, -0.2) is 28.2 Å². The molecule has 1 unspecified atom stereocenters. The van der Waals surface area contributed by atoms with Crippen molar-refractivity contribution in [2.24, 2.45) is 0 Å². The molecule has 1 atom stereocenters. The molecule has 0 saturated carbocycles. The van der Waals surface area contributed by atoms with Crippen LogP contribution < -0.4 is 4.74 Å². The van der Waals surface area contributed by atoms with Gasteiger partial charge >= 0.3 is 5.97 Å². The van der Waals surface area contributed by atoms with Crippen molar-refractivity contribution < 1.29 is 24.7 Å². The maximum Gasteiger partial charge on any atom is 0.337 e. The maximum absolute atomic E-state index is 10.8. The van der Waals surface area contributed by atoms with Gasteiger partial charge in [0.15, 0.2) is 6.10 Å². The third-order valence-corrected chi connectivity index (χ3v) is 2.19. The lowest BCUT2D eigenvalue weighted by Gasteiger charge is -2.10. The molecule has 8 nitrogen and oxygen atoms in total. The molecule has 1 rings (SSSR count). The smallest absolute Gasteiger partial charge is 0.337 e. The van der Waals surface area contributed by atoms with Gasteiger partial charge in [-0.25, -0.2) is 4.79 Å². The Balaban J connectivity index is 3.60. The van der Waals surface area contributed by atoms with E-state index >= 15 is 0 Å². The fourth-order valence-electron chi connectivity index (χ4n) is 1.38. The number of carboxylic acids is 1. The predicted molar refractivity (Wildman–Crippen MR) is 57.0 cm³/mol. The number of rotatable bonds is 4. The summed E-state index contributed by atoms with van der Waals surface area (Å²) in [6, 6.07) is 3.66. The van der Waals surface area contributed by atoms with Crippen molar-refractivity contribution in [2.75, 3.05) is 7.11 Å². The predicted octanol–water partition coefficient (Wildman–Crippen LogP) is 0.593. The van der Waals surface area contributed by atoms with Gasteiger partial charge in [-0.15, -0.1) is 0 Å². The lowest BCUT2D eigenvalue weighted by atomic mass is 10.0. The zero-order valence-electron chi connectivity index (χ0n) is 9.15. The van der Waals surface area contributed by atoms with Gasteiger partial charge in [-0.2, -0.15) is 5.26 Å². The number of methoxy groups -OCH3 is 1. The second-order valence-electron chi connectivity index (χ2n) is 3.22. The summed E-state index contributed by atoms with van der Waals surface area (Å²) in [4.78, 5) is 20.6. The number of ether oxygens (including phenoxy) is 1. The van der Waals surface area contributed by atoms with E-state index in [1.165, 1.54) is 7.11 Å². The van der Waals surface area contributed by atoms with Gasteiger partial charge in [-0.3, -0.25) is 10.1 Å².